The highest BCUT2D eigenvalue weighted by molar-refractivity contribution is 14.0. The third kappa shape index (κ3) is 5.97. The van der Waals surface area contributed by atoms with Crippen LogP contribution in [0.4, 0.5) is 4.39 Å². The van der Waals surface area contributed by atoms with Crippen molar-refractivity contribution >= 4 is 39.8 Å². The fourth-order valence-electron chi connectivity index (χ4n) is 2.62. The highest BCUT2D eigenvalue weighted by Crippen LogP contribution is 2.23. The van der Waals surface area contributed by atoms with Crippen molar-refractivity contribution in [2.24, 2.45) is 4.99 Å². The highest BCUT2D eigenvalue weighted by Gasteiger charge is 2.40. The molecule has 1 aliphatic rings. The van der Waals surface area contributed by atoms with E-state index < -0.39 is 14.6 Å². The third-order valence-corrected chi connectivity index (χ3v) is 6.63. The van der Waals surface area contributed by atoms with Crippen molar-refractivity contribution in [3.8, 4) is 5.75 Å². The summed E-state index contributed by atoms with van der Waals surface area (Å²) in [5, 5.41) is 3.19. The molecule has 1 saturated heterocycles. The molecule has 1 N–H and O–H groups in total. The Hall–Kier alpha value is -1.10. The minimum absolute atomic E-state index is 0. The number of guanidine groups is 1. The smallest absolute Gasteiger partial charge is 0.194 e. The third-order valence-electron chi connectivity index (χ3n) is 4.10. The summed E-state index contributed by atoms with van der Waals surface area (Å²) < 4.78 is 42.1. The van der Waals surface area contributed by atoms with Gasteiger partial charge in [-0.3, -0.25) is 0 Å². The first-order valence-corrected chi connectivity index (χ1v) is 10.0. The van der Waals surface area contributed by atoms with Crippen LogP contribution in [-0.2, 0) is 9.84 Å². The molecule has 0 amide bonds. The summed E-state index contributed by atoms with van der Waals surface area (Å²) in [6.07, 6.45) is 0. The number of nitrogens with zero attached hydrogens (tertiary/aromatic N) is 2. The van der Waals surface area contributed by atoms with E-state index in [-0.39, 0.29) is 35.5 Å². The SMILES string of the molecule is CCNC(=NCCOc1cccc(F)c1)N1CCS(=O)(=O)C(C)(C)C1.I. The van der Waals surface area contributed by atoms with E-state index in [4.69, 9.17) is 4.74 Å². The molecule has 0 radical (unpaired) electrons. The predicted octanol–water partition coefficient (Wildman–Crippen LogP) is 2.30. The summed E-state index contributed by atoms with van der Waals surface area (Å²) in [5.74, 6) is 0.911. The molecule has 1 aromatic carbocycles. The fourth-order valence-corrected chi connectivity index (χ4v) is 3.99. The van der Waals surface area contributed by atoms with Crippen LogP contribution in [0.1, 0.15) is 20.8 Å². The maximum absolute atomic E-state index is 13.1. The van der Waals surface area contributed by atoms with Crippen molar-refractivity contribution in [1.29, 1.82) is 0 Å². The van der Waals surface area contributed by atoms with E-state index in [1.54, 1.807) is 26.0 Å². The Balaban J connectivity index is 0.00000338. The highest BCUT2D eigenvalue weighted by atomic mass is 127. The van der Waals surface area contributed by atoms with Crippen molar-refractivity contribution in [3.05, 3.63) is 30.1 Å². The second kappa shape index (κ2) is 9.72. The normalized spacial score (nSPS) is 18.8. The molecule has 148 valence electrons. The van der Waals surface area contributed by atoms with E-state index in [1.165, 1.54) is 12.1 Å². The molecule has 1 heterocycles. The lowest BCUT2D eigenvalue weighted by Gasteiger charge is -2.39. The van der Waals surface area contributed by atoms with Crippen molar-refractivity contribution in [2.45, 2.75) is 25.5 Å². The Morgan fingerprint density at radius 2 is 2.15 bits per heavy atom. The molecule has 6 nitrogen and oxygen atoms in total. The molecule has 1 aromatic rings. The zero-order chi connectivity index (χ0) is 18.5. The Kier molecular flexibility index (Phi) is 8.58. The second-order valence-electron chi connectivity index (χ2n) is 6.54. The van der Waals surface area contributed by atoms with Gasteiger partial charge >= 0.3 is 0 Å². The van der Waals surface area contributed by atoms with Crippen LogP contribution < -0.4 is 10.1 Å². The molecule has 0 atom stereocenters. The zero-order valence-corrected chi connectivity index (χ0v) is 18.5. The number of nitrogens with one attached hydrogen (secondary N) is 1. The van der Waals surface area contributed by atoms with Gasteiger partial charge in [-0.15, -0.1) is 24.0 Å². The minimum atomic E-state index is -3.09. The zero-order valence-electron chi connectivity index (χ0n) is 15.4. The number of hydrogen-bond donors (Lipinski definition) is 1. The minimum Gasteiger partial charge on any atom is -0.492 e. The van der Waals surface area contributed by atoms with Gasteiger partial charge < -0.3 is 15.0 Å². The van der Waals surface area contributed by atoms with Gasteiger partial charge in [-0.1, -0.05) is 6.07 Å². The van der Waals surface area contributed by atoms with Crippen LogP contribution in [-0.4, -0.2) is 62.6 Å². The first-order chi connectivity index (χ1) is 11.7. The largest absolute Gasteiger partial charge is 0.492 e. The Morgan fingerprint density at radius 3 is 2.77 bits per heavy atom. The maximum Gasteiger partial charge on any atom is 0.194 e. The first kappa shape index (κ1) is 22.9. The molecule has 1 aliphatic heterocycles. The van der Waals surface area contributed by atoms with Gasteiger partial charge in [-0.25, -0.2) is 17.8 Å². The fraction of sp³-hybridized carbons (Fsp3) is 0.588. The van der Waals surface area contributed by atoms with Gasteiger partial charge in [0.15, 0.2) is 15.8 Å². The molecular weight excluding hydrogens is 472 g/mol. The number of ether oxygens (including phenoxy) is 1. The van der Waals surface area contributed by atoms with Gasteiger partial charge in [0.2, 0.25) is 0 Å². The standard InChI is InChI=1S/C17H26FN3O3S.HI/c1-4-19-16(21-9-11-25(22,23)17(2,3)13-21)20-8-10-24-15-7-5-6-14(18)12-15;/h5-7,12H,4,8-11,13H2,1-3H3,(H,19,20);1H. The van der Waals surface area contributed by atoms with Crippen LogP contribution in [0.25, 0.3) is 0 Å². The summed E-state index contributed by atoms with van der Waals surface area (Å²) in [7, 11) is -3.09. The van der Waals surface area contributed by atoms with E-state index in [1.807, 2.05) is 11.8 Å². The lowest BCUT2D eigenvalue weighted by molar-refractivity contribution is 0.322. The van der Waals surface area contributed by atoms with Crippen molar-refractivity contribution < 1.29 is 17.5 Å². The lowest BCUT2D eigenvalue weighted by Crippen LogP contribution is -2.57. The molecule has 0 aliphatic carbocycles. The number of hydrogen-bond acceptors (Lipinski definition) is 4. The molecule has 0 bridgehead atoms. The number of halogens is 2. The maximum atomic E-state index is 13.1. The first-order valence-electron chi connectivity index (χ1n) is 8.39. The van der Waals surface area contributed by atoms with E-state index in [9.17, 15) is 12.8 Å². The average Bonchev–Trinajstić information content (AvgIpc) is 2.53. The molecule has 1 fully saturated rings. The summed E-state index contributed by atoms with van der Waals surface area (Å²) in [6.45, 7) is 7.65. The van der Waals surface area contributed by atoms with Gasteiger partial charge in [-0.2, -0.15) is 0 Å². The topological polar surface area (TPSA) is 71.0 Å². The van der Waals surface area contributed by atoms with Crippen LogP contribution in [0, 0.1) is 5.82 Å². The van der Waals surface area contributed by atoms with Crippen molar-refractivity contribution in [3.63, 3.8) is 0 Å². The van der Waals surface area contributed by atoms with Gasteiger partial charge in [0, 0.05) is 25.7 Å². The van der Waals surface area contributed by atoms with Crippen LogP contribution in [0.15, 0.2) is 29.3 Å². The number of rotatable bonds is 5. The Bertz CT molecular complexity index is 726. The van der Waals surface area contributed by atoms with E-state index in [2.05, 4.69) is 10.3 Å². The number of benzene rings is 1. The molecule has 0 unspecified atom stereocenters. The van der Waals surface area contributed by atoms with Gasteiger partial charge in [-0.05, 0) is 32.9 Å². The monoisotopic (exact) mass is 499 g/mol. The van der Waals surface area contributed by atoms with Gasteiger partial charge in [0.25, 0.3) is 0 Å². The van der Waals surface area contributed by atoms with Crippen LogP contribution >= 0.6 is 24.0 Å². The Labute approximate surface area is 172 Å². The van der Waals surface area contributed by atoms with E-state index >= 15 is 0 Å². The van der Waals surface area contributed by atoms with E-state index in [0.29, 0.717) is 44.5 Å². The summed E-state index contributed by atoms with van der Waals surface area (Å²) >= 11 is 0. The molecule has 0 spiro atoms. The molecule has 9 heteroatoms. The summed E-state index contributed by atoms with van der Waals surface area (Å²) in [4.78, 5) is 6.47. The summed E-state index contributed by atoms with van der Waals surface area (Å²) in [6, 6.07) is 5.97. The molecule has 2 rings (SSSR count). The lowest BCUT2D eigenvalue weighted by atomic mass is 10.2. The number of aliphatic imine (C=N–C) groups is 1. The molecule has 26 heavy (non-hydrogen) atoms. The van der Waals surface area contributed by atoms with E-state index in [0.717, 1.165) is 0 Å². The predicted molar refractivity (Wildman–Crippen MR) is 113 cm³/mol. The van der Waals surface area contributed by atoms with Gasteiger partial charge in [0.1, 0.15) is 18.2 Å². The van der Waals surface area contributed by atoms with Gasteiger partial charge in [0.05, 0.1) is 17.0 Å². The summed E-state index contributed by atoms with van der Waals surface area (Å²) in [5.41, 5.74) is 0. The quantitative estimate of drug-likeness (QED) is 0.292. The molecular formula is C17H27FIN3O3S. The molecule has 0 saturated carbocycles. The average molecular weight is 499 g/mol. The Morgan fingerprint density at radius 1 is 1.42 bits per heavy atom. The number of sulfone groups is 1. The van der Waals surface area contributed by atoms with Crippen molar-refractivity contribution in [2.75, 3.05) is 38.5 Å². The van der Waals surface area contributed by atoms with Crippen LogP contribution in [0.3, 0.4) is 0 Å². The van der Waals surface area contributed by atoms with Crippen LogP contribution in [0.5, 0.6) is 5.75 Å². The van der Waals surface area contributed by atoms with Crippen molar-refractivity contribution in [1.82, 2.24) is 10.2 Å². The molecule has 0 aromatic heterocycles. The van der Waals surface area contributed by atoms with Crippen LogP contribution in [0.2, 0.25) is 0 Å². The second-order valence-corrected chi connectivity index (χ2v) is 9.28.